The van der Waals surface area contributed by atoms with Crippen LogP contribution in [0.5, 0.6) is 5.75 Å². The lowest BCUT2D eigenvalue weighted by Crippen LogP contribution is -2.34. The average Bonchev–Trinajstić information content (AvgIpc) is 3.25. The van der Waals surface area contributed by atoms with Crippen molar-refractivity contribution in [3.05, 3.63) is 47.5 Å². The Kier molecular flexibility index (Phi) is 5.10. The van der Waals surface area contributed by atoms with Crippen LogP contribution in [0.4, 0.5) is 4.39 Å². The van der Waals surface area contributed by atoms with Crippen molar-refractivity contribution >= 4 is 5.91 Å². The van der Waals surface area contributed by atoms with Gasteiger partial charge in [-0.05, 0) is 31.0 Å². The molecule has 3 rings (SSSR count). The first-order valence-corrected chi connectivity index (χ1v) is 7.92. The number of rotatable bonds is 6. The molecule has 6 nitrogen and oxygen atoms in total. The van der Waals surface area contributed by atoms with E-state index < -0.39 is 5.82 Å². The third-order valence-corrected chi connectivity index (χ3v) is 3.92. The van der Waals surface area contributed by atoms with Crippen molar-refractivity contribution in [1.29, 1.82) is 0 Å². The number of likely N-dealkylation sites (N-methyl/N-ethyl adjacent to an activating group) is 1. The lowest BCUT2D eigenvalue weighted by Gasteiger charge is -2.19. The van der Waals surface area contributed by atoms with Gasteiger partial charge in [-0.1, -0.05) is 12.1 Å². The van der Waals surface area contributed by atoms with Gasteiger partial charge in [0, 0.05) is 20.2 Å². The van der Waals surface area contributed by atoms with Gasteiger partial charge < -0.3 is 14.4 Å². The number of nitrogens with one attached hydrogen (secondary N) is 1. The van der Waals surface area contributed by atoms with Gasteiger partial charge in [-0.2, -0.15) is 5.10 Å². The average molecular weight is 333 g/mol. The molecule has 24 heavy (non-hydrogen) atoms. The van der Waals surface area contributed by atoms with E-state index in [0.717, 1.165) is 19.4 Å². The van der Waals surface area contributed by atoms with Crippen molar-refractivity contribution in [2.24, 2.45) is 0 Å². The van der Waals surface area contributed by atoms with E-state index in [0.29, 0.717) is 17.9 Å². The van der Waals surface area contributed by atoms with Crippen molar-refractivity contribution in [2.75, 3.05) is 20.2 Å². The Labute approximate surface area is 139 Å². The van der Waals surface area contributed by atoms with Crippen LogP contribution in [-0.2, 0) is 11.3 Å². The first-order chi connectivity index (χ1) is 11.6. The molecule has 1 aromatic carbocycles. The van der Waals surface area contributed by atoms with Crippen LogP contribution in [0, 0.1) is 5.82 Å². The first kappa shape index (κ1) is 16.4. The monoisotopic (exact) mass is 333 g/mol. The SMILES string of the molecule is CN(CC1CCCO1)C(=O)c1cc(COc2ccccc2F)[nH]n1. The van der Waals surface area contributed by atoms with Gasteiger partial charge in [0.2, 0.25) is 0 Å². The van der Waals surface area contributed by atoms with E-state index in [9.17, 15) is 9.18 Å². The van der Waals surface area contributed by atoms with Crippen molar-refractivity contribution in [1.82, 2.24) is 15.1 Å². The van der Waals surface area contributed by atoms with Crippen LogP contribution in [0.15, 0.2) is 30.3 Å². The molecule has 0 spiro atoms. The van der Waals surface area contributed by atoms with E-state index >= 15 is 0 Å². The Balaban J connectivity index is 1.56. The number of nitrogens with zero attached hydrogens (tertiary/aromatic N) is 2. The summed E-state index contributed by atoms with van der Waals surface area (Å²) in [4.78, 5) is 14.0. The number of hydrogen-bond acceptors (Lipinski definition) is 4. The highest BCUT2D eigenvalue weighted by Gasteiger charge is 2.22. The second kappa shape index (κ2) is 7.44. The predicted molar refractivity (Wildman–Crippen MR) is 85.3 cm³/mol. The van der Waals surface area contributed by atoms with Gasteiger partial charge in [-0.25, -0.2) is 4.39 Å². The Morgan fingerprint density at radius 3 is 3.08 bits per heavy atom. The summed E-state index contributed by atoms with van der Waals surface area (Å²) in [5, 5.41) is 6.76. The molecular weight excluding hydrogens is 313 g/mol. The van der Waals surface area contributed by atoms with Gasteiger partial charge in [0.1, 0.15) is 6.61 Å². The molecule has 1 atom stereocenters. The molecule has 128 valence electrons. The number of benzene rings is 1. The largest absolute Gasteiger partial charge is 0.484 e. The number of aromatic nitrogens is 2. The van der Waals surface area contributed by atoms with E-state index in [2.05, 4.69) is 10.2 Å². The van der Waals surface area contributed by atoms with Crippen LogP contribution in [0.1, 0.15) is 29.0 Å². The smallest absolute Gasteiger partial charge is 0.274 e. The minimum absolute atomic E-state index is 0.0988. The Bertz CT molecular complexity index is 698. The quantitative estimate of drug-likeness (QED) is 0.881. The zero-order chi connectivity index (χ0) is 16.9. The van der Waals surface area contributed by atoms with Crippen LogP contribution < -0.4 is 4.74 Å². The predicted octanol–water partition coefficient (Wildman–Crippen LogP) is 2.38. The standard InChI is InChI=1S/C17H20FN3O3/c1-21(10-13-5-4-8-23-13)17(22)15-9-12(19-20-15)11-24-16-7-3-2-6-14(16)18/h2-3,6-7,9,13H,4-5,8,10-11H2,1H3,(H,19,20). The third-order valence-electron chi connectivity index (χ3n) is 3.92. The maximum absolute atomic E-state index is 13.5. The zero-order valence-corrected chi connectivity index (χ0v) is 13.5. The summed E-state index contributed by atoms with van der Waals surface area (Å²) in [6.07, 6.45) is 2.11. The minimum atomic E-state index is -0.426. The van der Waals surface area contributed by atoms with Crippen LogP contribution in [0.25, 0.3) is 0 Å². The van der Waals surface area contributed by atoms with Crippen molar-refractivity contribution in [3.8, 4) is 5.75 Å². The molecule has 2 heterocycles. The molecule has 0 aliphatic carbocycles. The van der Waals surface area contributed by atoms with Crippen LogP contribution in [0.3, 0.4) is 0 Å². The molecule has 2 aromatic rings. The molecule has 7 heteroatoms. The highest BCUT2D eigenvalue weighted by Crippen LogP contribution is 2.17. The van der Waals surface area contributed by atoms with Gasteiger partial charge in [0.05, 0.1) is 11.8 Å². The number of aromatic amines is 1. The van der Waals surface area contributed by atoms with Crippen molar-refractivity contribution < 1.29 is 18.7 Å². The second-order valence-electron chi connectivity index (χ2n) is 5.82. The third kappa shape index (κ3) is 3.91. The molecule has 1 saturated heterocycles. The molecule has 1 aromatic heterocycles. The maximum Gasteiger partial charge on any atom is 0.274 e. The molecule has 1 aliphatic heterocycles. The summed E-state index contributed by atoms with van der Waals surface area (Å²) in [5.41, 5.74) is 0.912. The second-order valence-corrected chi connectivity index (χ2v) is 5.82. The normalized spacial score (nSPS) is 17.0. The fourth-order valence-corrected chi connectivity index (χ4v) is 2.63. The first-order valence-electron chi connectivity index (χ1n) is 7.92. The number of amides is 1. The van der Waals surface area contributed by atoms with E-state index in [1.54, 1.807) is 36.2 Å². The Hall–Kier alpha value is -2.41. The van der Waals surface area contributed by atoms with Gasteiger partial charge >= 0.3 is 0 Å². The van der Waals surface area contributed by atoms with Crippen LogP contribution >= 0.6 is 0 Å². The van der Waals surface area contributed by atoms with Gasteiger partial charge in [-0.15, -0.1) is 0 Å². The number of H-pyrrole nitrogens is 1. The number of para-hydroxylation sites is 1. The summed E-state index contributed by atoms with van der Waals surface area (Å²) in [6.45, 7) is 1.41. The summed E-state index contributed by atoms with van der Waals surface area (Å²) >= 11 is 0. The molecule has 1 fully saturated rings. The maximum atomic E-state index is 13.5. The van der Waals surface area contributed by atoms with Gasteiger partial charge in [0.25, 0.3) is 5.91 Å². The molecule has 1 aliphatic rings. The van der Waals surface area contributed by atoms with E-state index in [1.807, 2.05) is 0 Å². The minimum Gasteiger partial charge on any atom is -0.484 e. The molecule has 1 unspecified atom stereocenters. The molecular formula is C17H20FN3O3. The summed E-state index contributed by atoms with van der Waals surface area (Å²) < 4.78 is 24.4. The van der Waals surface area contributed by atoms with Crippen molar-refractivity contribution in [2.45, 2.75) is 25.6 Å². The van der Waals surface area contributed by atoms with E-state index in [4.69, 9.17) is 9.47 Å². The number of ether oxygens (including phenoxy) is 2. The van der Waals surface area contributed by atoms with Crippen LogP contribution in [0.2, 0.25) is 0 Å². The molecule has 0 saturated carbocycles. The molecule has 0 radical (unpaired) electrons. The van der Waals surface area contributed by atoms with Crippen molar-refractivity contribution in [3.63, 3.8) is 0 Å². The van der Waals surface area contributed by atoms with E-state index in [-0.39, 0.29) is 24.4 Å². The summed E-state index contributed by atoms with van der Waals surface area (Å²) in [5.74, 6) is -0.445. The molecule has 1 N–H and O–H groups in total. The fraction of sp³-hybridized carbons (Fsp3) is 0.412. The number of carbonyl (C=O) groups excluding carboxylic acids is 1. The highest BCUT2D eigenvalue weighted by atomic mass is 19.1. The Morgan fingerprint density at radius 1 is 1.50 bits per heavy atom. The Morgan fingerprint density at radius 2 is 2.33 bits per heavy atom. The fourth-order valence-electron chi connectivity index (χ4n) is 2.63. The van der Waals surface area contributed by atoms with Crippen LogP contribution in [-0.4, -0.2) is 47.3 Å². The van der Waals surface area contributed by atoms with E-state index in [1.165, 1.54) is 6.07 Å². The van der Waals surface area contributed by atoms with Gasteiger partial charge in [-0.3, -0.25) is 9.89 Å². The molecule has 1 amide bonds. The lowest BCUT2D eigenvalue weighted by molar-refractivity contribution is 0.0582. The lowest BCUT2D eigenvalue weighted by atomic mass is 10.2. The number of carbonyl (C=O) groups is 1. The highest BCUT2D eigenvalue weighted by molar-refractivity contribution is 5.92. The van der Waals surface area contributed by atoms with Gasteiger partial charge in [0.15, 0.2) is 17.3 Å². The summed E-state index contributed by atoms with van der Waals surface area (Å²) in [6, 6.07) is 7.79. The number of hydrogen-bond donors (Lipinski definition) is 1. The molecule has 0 bridgehead atoms. The topological polar surface area (TPSA) is 67.4 Å². The zero-order valence-electron chi connectivity index (χ0n) is 13.5. The summed E-state index contributed by atoms with van der Waals surface area (Å²) in [7, 11) is 1.73. The number of halogens is 1.